The number of hydrogen-bond donors (Lipinski definition) is 1. The first-order valence-corrected chi connectivity index (χ1v) is 9.06. The molecule has 0 aromatic heterocycles. The number of hydrogen-bond acceptors (Lipinski definition) is 3. The molecule has 0 bridgehead atoms. The summed E-state index contributed by atoms with van der Waals surface area (Å²) in [4.78, 5) is 12.0. The molecule has 26 heavy (non-hydrogen) atoms. The number of amides is 1. The maximum atomic E-state index is 13.7. The van der Waals surface area contributed by atoms with Crippen molar-refractivity contribution in [2.24, 2.45) is 0 Å². The lowest BCUT2D eigenvalue weighted by Gasteiger charge is -2.20. The Kier molecular flexibility index (Phi) is 5.98. The summed E-state index contributed by atoms with van der Waals surface area (Å²) in [6, 6.07) is 6.81. The van der Waals surface area contributed by atoms with E-state index in [1.165, 1.54) is 18.2 Å². The van der Waals surface area contributed by atoms with Gasteiger partial charge in [-0.2, -0.15) is 4.31 Å². The van der Waals surface area contributed by atoms with Gasteiger partial charge in [0.25, 0.3) is 0 Å². The van der Waals surface area contributed by atoms with E-state index in [1.54, 1.807) is 0 Å². The Labute approximate surface area is 147 Å². The minimum atomic E-state index is -3.91. The highest BCUT2D eigenvalue weighted by molar-refractivity contribution is 7.88. The van der Waals surface area contributed by atoms with Gasteiger partial charge in [0.05, 0.1) is 18.5 Å². The van der Waals surface area contributed by atoms with Gasteiger partial charge in [0.15, 0.2) is 17.5 Å². The molecule has 10 heteroatoms. The number of anilines is 1. The van der Waals surface area contributed by atoms with E-state index in [0.29, 0.717) is 10.4 Å². The van der Waals surface area contributed by atoms with Gasteiger partial charge < -0.3 is 5.32 Å². The van der Waals surface area contributed by atoms with Crippen molar-refractivity contribution in [1.82, 2.24) is 4.31 Å². The number of rotatable bonds is 6. The number of benzene rings is 2. The first-order valence-electron chi connectivity index (χ1n) is 7.21. The van der Waals surface area contributed by atoms with Gasteiger partial charge in [-0.25, -0.2) is 26.0 Å². The molecule has 0 aliphatic rings. The number of carbonyl (C=O) groups excluding carboxylic acids is 1. The molecule has 0 heterocycles. The minimum absolute atomic E-state index is 0.0322. The molecular formula is C16H14F4N2O3S. The molecule has 2 rings (SSSR count). The van der Waals surface area contributed by atoms with Crippen LogP contribution in [0, 0.1) is 23.3 Å². The summed E-state index contributed by atoms with van der Waals surface area (Å²) in [6.07, 6.45) is 0.819. The summed E-state index contributed by atoms with van der Waals surface area (Å²) in [6.45, 7) is -1.20. The van der Waals surface area contributed by atoms with Crippen LogP contribution < -0.4 is 5.32 Å². The number of nitrogens with one attached hydrogen (secondary N) is 1. The summed E-state index contributed by atoms with van der Waals surface area (Å²) >= 11 is 0. The molecule has 0 radical (unpaired) electrons. The standard InChI is InChI=1S/C16H14F4N2O3S/c1-26(24,25)22(8-10-4-2-3-5-11(10)17)9-14(23)21-13-7-6-12(18)15(19)16(13)20/h2-7H,8-9H2,1H3,(H,21,23). The normalized spacial score (nSPS) is 11.6. The maximum Gasteiger partial charge on any atom is 0.239 e. The zero-order valence-electron chi connectivity index (χ0n) is 13.5. The minimum Gasteiger partial charge on any atom is -0.322 e. The Morgan fingerprint density at radius 1 is 1.00 bits per heavy atom. The number of halogens is 4. The van der Waals surface area contributed by atoms with E-state index >= 15 is 0 Å². The fourth-order valence-electron chi connectivity index (χ4n) is 2.08. The molecule has 140 valence electrons. The van der Waals surface area contributed by atoms with Gasteiger partial charge in [-0.3, -0.25) is 4.79 Å². The summed E-state index contributed by atoms with van der Waals surface area (Å²) in [5.41, 5.74) is -0.613. The van der Waals surface area contributed by atoms with Crippen molar-refractivity contribution >= 4 is 21.6 Å². The summed E-state index contributed by atoms with van der Waals surface area (Å²) in [7, 11) is -3.91. The molecule has 2 aromatic carbocycles. The Balaban J connectivity index is 2.18. The van der Waals surface area contributed by atoms with Crippen LogP contribution in [0.15, 0.2) is 36.4 Å². The van der Waals surface area contributed by atoms with Gasteiger partial charge in [0, 0.05) is 12.1 Å². The molecule has 1 amide bonds. The van der Waals surface area contributed by atoms with Crippen LogP contribution in [-0.4, -0.2) is 31.4 Å². The predicted molar refractivity (Wildman–Crippen MR) is 86.6 cm³/mol. The topological polar surface area (TPSA) is 66.5 Å². The Morgan fingerprint density at radius 2 is 1.65 bits per heavy atom. The van der Waals surface area contributed by atoms with Gasteiger partial charge in [-0.05, 0) is 18.2 Å². The zero-order chi connectivity index (χ0) is 19.5. The predicted octanol–water partition coefficient (Wildman–Crippen LogP) is 2.64. The van der Waals surface area contributed by atoms with Crippen LogP contribution in [-0.2, 0) is 21.4 Å². The number of nitrogens with zero attached hydrogens (tertiary/aromatic N) is 1. The van der Waals surface area contributed by atoms with Crippen LogP contribution in [0.1, 0.15) is 5.56 Å². The van der Waals surface area contributed by atoms with Crippen molar-refractivity contribution in [3.63, 3.8) is 0 Å². The average Bonchev–Trinajstić information content (AvgIpc) is 2.56. The van der Waals surface area contributed by atoms with Gasteiger partial charge in [-0.15, -0.1) is 0 Å². The van der Waals surface area contributed by atoms with E-state index in [-0.39, 0.29) is 5.56 Å². The Morgan fingerprint density at radius 3 is 2.27 bits per heavy atom. The van der Waals surface area contributed by atoms with Crippen molar-refractivity contribution in [3.8, 4) is 0 Å². The molecule has 0 saturated carbocycles. The number of carbonyl (C=O) groups is 1. The van der Waals surface area contributed by atoms with E-state index in [9.17, 15) is 30.8 Å². The molecular weight excluding hydrogens is 376 g/mol. The zero-order valence-corrected chi connectivity index (χ0v) is 14.3. The van der Waals surface area contributed by atoms with Crippen molar-refractivity contribution in [2.45, 2.75) is 6.54 Å². The van der Waals surface area contributed by atoms with Crippen molar-refractivity contribution in [3.05, 3.63) is 65.2 Å². The highest BCUT2D eigenvalue weighted by Gasteiger charge is 2.23. The van der Waals surface area contributed by atoms with Crippen molar-refractivity contribution in [1.29, 1.82) is 0 Å². The SMILES string of the molecule is CS(=O)(=O)N(CC(=O)Nc1ccc(F)c(F)c1F)Cc1ccccc1F. The lowest BCUT2D eigenvalue weighted by Crippen LogP contribution is -2.37. The Hall–Kier alpha value is -2.46. The van der Waals surface area contributed by atoms with Crippen LogP contribution in [0.5, 0.6) is 0 Å². The molecule has 1 N–H and O–H groups in total. The fraction of sp³-hybridized carbons (Fsp3) is 0.188. The molecule has 0 spiro atoms. The highest BCUT2D eigenvalue weighted by Crippen LogP contribution is 2.20. The largest absolute Gasteiger partial charge is 0.322 e. The van der Waals surface area contributed by atoms with Crippen LogP contribution in [0.4, 0.5) is 23.2 Å². The molecule has 0 saturated heterocycles. The Bertz CT molecular complexity index is 935. The van der Waals surface area contributed by atoms with Crippen LogP contribution in [0.25, 0.3) is 0 Å². The van der Waals surface area contributed by atoms with E-state index in [1.807, 2.05) is 5.32 Å². The van der Waals surface area contributed by atoms with Crippen molar-refractivity contribution in [2.75, 3.05) is 18.1 Å². The highest BCUT2D eigenvalue weighted by atomic mass is 32.2. The second-order valence-electron chi connectivity index (χ2n) is 5.39. The van der Waals surface area contributed by atoms with Gasteiger partial charge in [0.2, 0.25) is 15.9 Å². The first kappa shape index (κ1) is 19.9. The van der Waals surface area contributed by atoms with Gasteiger partial charge in [0.1, 0.15) is 5.82 Å². The second-order valence-corrected chi connectivity index (χ2v) is 7.38. The summed E-state index contributed by atoms with van der Waals surface area (Å²) in [5.74, 6) is -6.48. The molecule has 0 aliphatic carbocycles. The monoisotopic (exact) mass is 390 g/mol. The summed E-state index contributed by atoms with van der Waals surface area (Å²) < 4.78 is 77.7. The number of sulfonamides is 1. The van der Waals surface area contributed by atoms with Crippen molar-refractivity contribution < 1.29 is 30.8 Å². The third-order valence-electron chi connectivity index (χ3n) is 3.40. The third-order valence-corrected chi connectivity index (χ3v) is 4.60. The maximum absolute atomic E-state index is 13.7. The molecule has 0 atom stereocenters. The molecule has 0 aliphatic heterocycles. The van der Waals surface area contributed by atoms with Gasteiger partial charge in [-0.1, -0.05) is 18.2 Å². The van der Waals surface area contributed by atoms with Gasteiger partial charge >= 0.3 is 0 Å². The van der Waals surface area contributed by atoms with E-state index in [4.69, 9.17) is 0 Å². The summed E-state index contributed by atoms with van der Waals surface area (Å²) in [5, 5.41) is 1.96. The quantitative estimate of drug-likeness (QED) is 0.609. The third kappa shape index (κ3) is 4.79. The van der Waals surface area contributed by atoms with E-state index < -0.39 is 58.0 Å². The van der Waals surface area contributed by atoms with Crippen LogP contribution in [0.2, 0.25) is 0 Å². The van der Waals surface area contributed by atoms with E-state index in [0.717, 1.165) is 18.4 Å². The molecule has 0 fully saturated rings. The van der Waals surface area contributed by atoms with E-state index in [2.05, 4.69) is 0 Å². The fourth-order valence-corrected chi connectivity index (χ4v) is 2.80. The molecule has 0 unspecified atom stereocenters. The van der Waals surface area contributed by atoms with Crippen LogP contribution >= 0.6 is 0 Å². The molecule has 2 aromatic rings. The average molecular weight is 390 g/mol. The lowest BCUT2D eigenvalue weighted by molar-refractivity contribution is -0.116. The van der Waals surface area contributed by atoms with Crippen LogP contribution in [0.3, 0.4) is 0 Å². The second kappa shape index (κ2) is 7.83. The lowest BCUT2D eigenvalue weighted by atomic mass is 10.2. The first-order chi connectivity index (χ1) is 12.1. The molecule has 5 nitrogen and oxygen atoms in total. The smallest absolute Gasteiger partial charge is 0.239 e.